The summed E-state index contributed by atoms with van der Waals surface area (Å²) in [5, 5.41) is 3.00. The highest BCUT2D eigenvalue weighted by atomic mass is 16.5. The maximum Gasteiger partial charge on any atom is 0.251 e. The first kappa shape index (κ1) is 23.4. The molecule has 0 bridgehead atoms. The number of para-hydroxylation sites is 2. The summed E-state index contributed by atoms with van der Waals surface area (Å²) >= 11 is 0. The van der Waals surface area contributed by atoms with Gasteiger partial charge in [0.05, 0.1) is 7.11 Å². The fraction of sp³-hybridized carbons (Fsp3) is 0.296. The Kier molecular flexibility index (Phi) is 9.62. The molecule has 0 radical (unpaired) electrons. The molecule has 0 fully saturated rings. The molecule has 0 aliphatic carbocycles. The Hall–Kier alpha value is -3.31. The lowest BCUT2D eigenvalue weighted by molar-refractivity contribution is 0.0952. The molecule has 0 saturated carbocycles. The monoisotopic (exact) mass is 432 g/mol. The summed E-state index contributed by atoms with van der Waals surface area (Å²) in [6.07, 6.45) is 1.92. The van der Waals surface area contributed by atoms with Crippen molar-refractivity contribution in [2.45, 2.75) is 19.4 Å². The molecule has 1 amide bonds. The minimum absolute atomic E-state index is 0.0167. The summed E-state index contributed by atoms with van der Waals surface area (Å²) in [5.74, 6) is 1.49. The summed E-state index contributed by atoms with van der Waals surface area (Å²) < 4.78 is 11.3. The number of amides is 1. The SMILES string of the molecule is COc1ccccc1OCCN(CCCCNC(=O)c1ccccc1)Cc1ccccc1. The second kappa shape index (κ2) is 13.2. The van der Waals surface area contributed by atoms with Crippen LogP contribution in [0.4, 0.5) is 0 Å². The lowest BCUT2D eigenvalue weighted by atomic mass is 10.2. The van der Waals surface area contributed by atoms with Crippen molar-refractivity contribution in [1.82, 2.24) is 10.2 Å². The number of ether oxygens (including phenoxy) is 2. The third-order valence-electron chi connectivity index (χ3n) is 5.21. The molecule has 0 aliphatic rings. The maximum absolute atomic E-state index is 12.2. The number of methoxy groups -OCH3 is 1. The topological polar surface area (TPSA) is 50.8 Å². The van der Waals surface area contributed by atoms with Gasteiger partial charge in [-0.1, -0.05) is 60.7 Å². The van der Waals surface area contributed by atoms with E-state index >= 15 is 0 Å². The zero-order chi connectivity index (χ0) is 22.4. The molecule has 3 aromatic rings. The van der Waals surface area contributed by atoms with Gasteiger partial charge in [0, 0.05) is 25.2 Å². The van der Waals surface area contributed by atoms with Crippen molar-refractivity contribution >= 4 is 5.91 Å². The van der Waals surface area contributed by atoms with Gasteiger partial charge >= 0.3 is 0 Å². The van der Waals surface area contributed by atoms with Crippen LogP contribution in [0.3, 0.4) is 0 Å². The van der Waals surface area contributed by atoms with Crippen LogP contribution in [-0.2, 0) is 6.54 Å². The number of carbonyl (C=O) groups is 1. The Morgan fingerprint density at radius 1 is 0.812 bits per heavy atom. The van der Waals surface area contributed by atoms with Crippen LogP contribution in [0, 0.1) is 0 Å². The highest BCUT2D eigenvalue weighted by molar-refractivity contribution is 5.94. The van der Waals surface area contributed by atoms with Gasteiger partial charge in [0.25, 0.3) is 5.91 Å². The minimum Gasteiger partial charge on any atom is -0.493 e. The first-order valence-corrected chi connectivity index (χ1v) is 11.1. The van der Waals surface area contributed by atoms with Crippen molar-refractivity contribution in [2.24, 2.45) is 0 Å². The summed E-state index contributed by atoms with van der Waals surface area (Å²) in [6, 6.07) is 27.5. The second-order valence-corrected chi connectivity index (χ2v) is 7.59. The van der Waals surface area contributed by atoms with Gasteiger partial charge in [0.2, 0.25) is 0 Å². The molecular formula is C27H32N2O3. The molecule has 168 valence electrons. The van der Waals surface area contributed by atoms with E-state index in [2.05, 4.69) is 34.5 Å². The predicted octanol–water partition coefficient (Wildman–Crippen LogP) is 4.79. The Labute approximate surface area is 191 Å². The first-order valence-electron chi connectivity index (χ1n) is 11.1. The van der Waals surface area contributed by atoms with Crippen LogP contribution in [0.15, 0.2) is 84.9 Å². The van der Waals surface area contributed by atoms with E-state index in [0.717, 1.165) is 44.0 Å². The van der Waals surface area contributed by atoms with Crippen molar-refractivity contribution in [2.75, 3.05) is 33.4 Å². The van der Waals surface area contributed by atoms with Crippen LogP contribution in [0.25, 0.3) is 0 Å². The highest BCUT2D eigenvalue weighted by Crippen LogP contribution is 2.25. The Morgan fingerprint density at radius 3 is 2.19 bits per heavy atom. The number of hydrogen-bond donors (Lipinski definition) is 1. The first-order chi connectivity index (χ1) is 15.8. The predicted molar refractivity (Wildman–Crippen MR) is 128 cm³/mol. The van der Waals surface area contributed by atoms with Crippen LogP contribution in [0.2, 0.25) is 0 Å². The Morgan fingerprint density at radius 2 is 1.47 bits per heavy atom. The number of hydrogen-bond acceptors (Lipinski definition) is 4. The zero-order valence-electron chi connectivity index (χ0n) is 18.7. The van der Waals surface area contributed by atoms with Crippen LogP contribution in [0.5, 0.6) is 11.5 Å². The van der Waals surface area contributed by atoms with E-state index < -0.39 is 0 Å². The molecule has 5 heteroatoms. The summed E-state index contributed by atoms with van der Waals surface area (Å²) in [7, 11) is 1.65. The van der Waals surface area contributed by atoms with Crippen LogP contribution >= 0.6 is 0 Å². The van der Waals surface area contributed by atoms with Crippen molar-refractivity contribution < 1.29 is 14.3 Å². The summed E-state index contributed by atoms with van der Waals surface area (Å²) in [4.78, 5) is 14.6. The molecule has 0 saturated heterocycles. The maximum atomic E-state index is 12.2. The van der Waals surface area contributed by atoms with Gasteiger partial charge in [0.15, 0.2) is 11.5 Å². The van der Waals surface area contributed by atoms with E-state index in [4.69, 9.17) is 9.47 Å². The molecule has 0 aromatic heterocycles. The number of carbonyl (C=O) groups excluding carboxylic acids is 1. The average Bonchev–Trinajstić information content (AvgIpc) is 2.85. The van der Waals surface area contributed by atoms with E-state index in [9.17, 15) is 4.79 Å². The van der Waals surface area contributed by atoms with E-state index in [1.54, 1.807) is 7.11 Å². The number of unbranched alkanes of at least 4 members (excludes halogenated alkanes) is 1. The van der Waals surface area contributed by atoms with Gasteiger partial charge in [-0.2, -0.15) is 0 Å². The molecular weight excluding hydrogens is 400 g/mol. The standard InChI is InChI=1S/C27H32N2O3/c1-31-25-16-8-9-17-26(25)32-21-20-29(22-23-12-4-2-5-13-23)19-11-10-18-28-27(30)24-14-6-3-7-15-24/h2-9,12-17H,10-11,18-22H2,1H3,(H,28,30). The van der Waals surface area contributed by atoms with Gasteiger partial charge in [-0.25, -0.2) is 0 Å². The molecule has 0 aliphatic heterocycles. The lowest BCUT2D eigenvalue weighted by Crippen LogP contribution is -2.30. The Balaban J connectivity index is 1.45. The zero-order valence-corrected chi connectivity index (χ0v) is 18.7. The van der Waals surface area contributed by atoms with Gasteiger partial charge in [0.1, 0.15) is 6.61 Å². The van der Waals surface area contributed by atoms with Crippen LogP contribution < -0.4 is 14.8 Å². The normalized spacial score (nSPS) is 10.7. The van der Waals surface area contributed by atoms with Gasteiger partial charge < -0.3 is 14.8 Å². The smallest absolute Gasteiger partial charge is 0.251 e. The van der Waals surface area contributed by atoms with Crippen molar-refractivity contribution in [1.29, 1.82) is 0 Å². The lowest BCUT2D eigenvalue weighted by Gasteiger charge is -2.23. The fourth-order valence-corrected chi connectivity index (χ4v) is 3.49. The van der Waals surface area contributed by atoms with E-state index in [0.29, 0.717) is 18.7 Å². The Bertz CT molecular complexity index is 932. The molecule has 0 unspecified atom stereocenters. The summed E-state index contributed by atoms with van der Waals surface area (Å²) in [5.41, 5.74) is 1.98. The fourth-order valence-electron chi connectivity index (χ4n) is 3.49. The van der Waals surface area contributed by atoms with Crippen LogP contribution in [0.1, 0.15) is 28.8 Å². The number of nitrogens with zero attached hydrogens (tertiary/aromatic N) is 1. The molecule has 3 aromatic carbocycles. The van der Waals surface area contributed by atoms with Crippen molar-refractivity contribution in [3.8, 4) is 11.5 Å². The third kappa shape index (κ3) is 7.75. The molecule has 3 rings (SSSR count). The molecule has 0 spiro atoms. The minimum atomic E-state index is -0.0167. The third-order valence-corrected chi connectivity index (χ3v) is 5.21. The molecule has 1 N–H and O–H groups in total. The molecule has 32 heavy (non-hydrogen) atoms. The highest BCUT2D eigenvalue weighted by Gasteiger charge is 2.09. The van der Waals surface area contributed by atoms with E-state index in [1.165, 1.54) is 5.56 Å². The second-order valence-electron chi connectivity index (χ2n) is 7.59. The van der Waals surface area contributed by atoms with Gasteiger partial charge in [-0.3, -0.25) is 9.69 Å². The van der Waals surface area contributed by atoms with Crippen molar-refractivity contribution in [3.63, 3.8) is 0 Å². The largest absolute Gasteiger partial charge is 0.493 e. The molecule has 5 nitrogen and oxygen atoms in total. The van der Waals surface area contributed by atoms with Gasteiger partial charge in [-0.05, 0) is 49.2 Å². The quantitative estimate of drug-likeness (QED) is 0.395. The number of rotatable bonds is 13. The van der Waals surface area contributed by atoms with E-state index in [1.807, 2.05) is 60.7 Å². The summed E-state index contributed by atoms with van der Waals surface area (Å²) in [6.45, 7) is 3.86. The average molecular weight is 433 g/mol. The number of nitrogens with one attached hydrogen (secondary N) is 1. The van der Waals surface area contributed by atoms with E-state index in [-0.39, 0.29) is 5.91 Å². The van der Waals surface area contributed by atoms with Crippen LogP contribution in [-0.4, -0.2) is 44.2 Å². The molecule has 0 heterocycles. The number of benzene rings is 3. The van der Waals surface area contributed by atoms with Crippen molar-refractivity contribution in [3.05, 3.63) is 96.1 Å². The molecule has 0 atom stereocenters. The van der Waals surface area contributed by atoms with Gasteiger partial charge in [-0.15, -0.1) is 0 Å².